The minimum atomic E-state index is -0.672. The van der Waals surface area contributed by atoms with E-state index in [0.29, 0.717) is 12.8 Å². The molecule has 4 heteroatoms. The molecule has 2 saturated carbocycles. The van der Waals surface area contributed by atoms with E-state index in [9.17, 15) is 19.8 Å². The smallest absolute Gasteiger partial charge is 0.139 e. The van der Waals surface area contributed by atoms with Gasteiger partial charge in [0, 0.05) is 25.2 Å². The fraction of sp³-hybridized carbons (Fsp3) is 0.818. The summed E-state index contributed by atoms with van der Waals surface area (Å²) in [5.41, 5.74) is -0.00192. The van der Waals surface area contributed by atoms with Crippen molar-refractivity contribution in [1.82, 2.24) is 0 Å². The Morgan fingerprint density at radius 2 is 1.96 bits per heavy atom. The predicted molar refractivity (Wildman–Crippen MR) is 101 cm³/mol. The summed E-state index contributed by atoms with van der Waals surface area (Å²) in [6.07, 6.45) is 8.05. The van der Waals surface area contributed by atoms with Crippen molar-refractivity contribution in [2.45, 2.75) is 96.7 Å². The number of carbonyl (C=O) groups excluding carboxylic acids is 2. The van der Waals surface area contributed by atoms with E-state index < -0.39 is 12.2 Å². The van der Waals surface area contributed by atoms with E-state index in [-0.39, 0.29) is 35.2 Å². The maximum atomic E-state index is 12.2. The van der Waals surface area contributed by atoms with E-state index >= 15 is 0 Å². The van der Waals surface area contributed by atoms with Crippen molar-refractivity contribution in [3.05, 3.63) is 0 Å². The predicted octanol–water partition coefficient (Wildman–Crippen LogP) is 3.43. The normalized spacial score (nSPS) is 28.2. The molecule has 2 rings (SSSR count). The van der Waals surface area contributed by atoms with Crippen molar-refractivity contribution < 1.29 is 19.8 Å². The van der Waals surface area contributed by atoms with Gasteiger partial charge in [-0.15, -0.1) is 5.92 Å². The lowest BCUT2D eigenvalue weighted by Gasteiger charge is -2.41. The van der Waals surface area contributed by atoms with Gasteiger partial charge in [-0.25, -0.2) is 0 Å². The molecule has 0 aliphatic heterocycles. The average molecular weight is 363 g/mol. The molecule has 4 nitrogen and oxygen atoms in total. The highest BCUT2D eigenvalue weighted by Gasteiger charge is 2.40. The molecule has 146 valence electrons. The Balaban J connectivity index is 1.79. The maximum Gasteiger partial charge on any atom is 0.139 e. The summed E-state index contributed by atoms with van der Waals surface area (Å²) in [7, 11) is 0. The first-order valence-corrected chi connectivity index (χ1v) is 10.2. The SMILES string of the molecule is CC(=O)CCCCCC[C@H]1C(=O)CC(O)[C@@H]1C#CCC(O)C1(C)CCC1. The molecule has 2 N–H and O–H groups in total. The van der Waals surface area contributed by atoms with Gasteiger partial charge in [-0.1, -0.05) is 38.5 Å². The van der Waals surface area contributed by atoms with Gasteiger partial charge in [0.1, 0.15) is 11.6 Å². The first-order valence-electron chi connectivity index (χ1n) is 10.2. The van der Waals surface area contributed by atoms with E-state index in [1.165, 1.54) is 6.42 Å². The molecule has 0 amide bonds. The van der Waals surface area contributed by atoms with Crippen LogP contribution in [0.5, 0.6) is 0 Å². The van der Waals surface area contributed by atoms with Gasteiger partial charge in [0.2, 0.25) is 0 Å². The van der Waals surface area contributed by atoms with E-state index in [1.54, 1.807) is 6.92 Å². The van der Waals surface area contributed by atoms with E-state index in [1.807, 2.05) is 0 Å². The number of aliphatic hydroxyl groups is 2. The van der Waals surface area contributed by atoms with Crippen LogP contribution in [0.15, 0.2) is 0 Å². The molecule has 2 aliphatic carbocycles. The molecule has 2 aliphatic rings. The van der Waals surface area contributed by atoms with Gasteiger partial charge in [-0.3, -0.25) is 4.79 Å². The van der Waals surface area contributed by atoms with Crippen molar-refractivity contribution >= 4 is 11.6 Å². The molecule has 0 radical (unpaired) electrons. The third kappa shape index (κ3) is 5.66. The Kier molecular flexibility index (Phi) is 7.85. The van der Waals surface area contributed by atoms with Crippen LogP contribution < -0.4 is 0 Å². The van der Waals surface area contributed by atoms with E-state index in [4.69, 9.17) is 0 Å². The minimum absolute atomic E-state index is 0.00192. The molecule has 0 aromatic heterocycles. The molecular formula is C22H34O4. The fourth-order valence-corrected chi connectivity index (χ4v) is 4.17. The molecule has 0 spiro atoms. The molecule has 0 aromatic carbocycles. The summed E-state index contributed by atoms with van der Waals surface area (Å²) >= 11 is 0. The van der Waals surface area contributed by atoms with Crippen molar-refractivity contribution in [3.8, 4) is 11.8 Å². The van der Waals surface area contributed by atoms with Crippen LogP contribution in [0.1, 0.15) is 84.5 Å². The lowest BCUT2D eigenvalue weighted by molar-refractivity contribution is -0.121. The van der Waals surface area contributed by atoms with Crippen molar-refractivity contribution in [2.24, 2.45) is 17.3 Å². The second kappa shape index (κ2) is 9.67. The van der Waals surface area contributed by atoms with Crippen LogP contribution >= 0.6 is 0 Å². The van der Waals surface area contributed by atoms with Crippen LogP contribution in [-0.4, -0.2) is 34.0 Å². The zero-order valence-electron chi connectivity index (χ0n) is 16.3. The lowest BCUT2D eigenvalue weighted by atomic mass is 9.66. The van der Waals surface area contributed by atoms with Crippen LogP contribution in [0.4, 0.5) is 0 Å². The number of hydrogen-bond acceptors (Lipinski definition) is 4. The number of aliphatic hydroxyl groups excluding tert-OH is 2. The van der Waals surface area contributed by atoms with E-state index in [2.05, 4.69) is 18.8 Å². The first-order chi connectivity index (χ1) is 12.3. The number of carbonyl (C=O) groups is 2. The highest BCUT2D eigenvalue weighted by molar-refractivity contribution is 5.84. The maximum absolute atomic E-state index is 12.2. The van der Waals surface area contributed by atoms with Gasteiger partial charge >= 0.3 is 0 Å². The second-order valence-corrected chi connectivity index (χ2v) is 8.57. The summed E-state index contributed by atoms with van der Waals surface area (Å²) in [5, 5.41) is 20.5. The summed E-state index contributed by atoms with van der Waals surface area (Å²) < 4.78 is 0. The summed E-state index contributed by atoms with van der Waals surface area (Å²) in [6, 6.07) is 0. The first kappa shape index (κ1) is 21.1. The van der Waals surface area contributed by atoms with Crippen LogP contribution in [0.3, 0.4) is 0 Å². The molecule has 2 fully saturated rings. The Morgan fingerprint density at radius 1 is 1.27 bits per heavy atom. The van der Waals surface area contributed by atoms with Crippen LogP contribution in [0, 0.1) is 29.1 Å². The molecule has 0 bridgehead atoms. The standard InChI is InChI=1S/C22H34O4/c1-16(23)9-5-3-4-6-10-17-18(20(25)15-19(17)24)11-7-12-21(26)22(2)13-8-14-22/h17-18,20-21,25-26H,3-6,8-10,12-15H2,1-2H3/t17-,18-,20?,21?/m1/s1. The Hall–Kier alpha value is -1.18. The van der Waals surface area contributed by atoms with Gasteiger partial charge in [0.15, 0.2) is 0 Å². The third-order valence-corrected chi connectivity index (χ3v) is 6.33. The van der Waals surface area contributed by atoms with Crippen LogP contribution in [-0.2, 0) is 9.59 Å². The molecule has 0 aromatic rings. The second-order valence-electron chi connectivity index (χ2n) is 8.57. The van der Waals surface area contributed by atoms with E-state index in [0.717, 1.165) is 44.9 Å². The van der Waals surface area contributed by atoms with Gasteiger partial charge < -0.3 is 15.0 Å². The third-order valence-electron chi connectivity index (χ3n) is 6.33. The van der Waals surface area contributed by atoms with Crippen molar-refractivity contribution in [3.63, 3.8) is 0 Å². The molecule has 26 heavy (non-hydrogen) atoms. The zero-order chi connectivity index (χ0) is 19.2. The zero-order valence-corrected chi connectivity index (χ0v) is 16.3. The van der Waals surface area contributed by atoms with Crippen molar-refractivity contribution in [1.29, 1.82) is 0 Å². The Morgan fingerprint density at radius 3 is 2.58 bits per heavy atom. The fourth-order valence-electron chi connectivity index (χ4n) is 4.17. The lowest BCUT2D eigenvalue weighted by Crippen LogP contribution is -2.38. The molecule has 0 heterocycles. The Labute approximate surface area is 157 Å². The van der Waals surface area contributed by atoms with Crippen LogP contribution in [0.25, 0.3) is 0 Å². The summed E-state index contributed by atoms with van der Waals surface area (Å²) in [6.45, 7) is 3.72. The van der Waals surface area contributed by atoms with Gasteiger partial charge in [-0.05, 0) is 38.0 Å². The Bertz CT molecular complexity index is 552. The summed E-state index contributed by atoms with van der Waals surface area (Å²) in [5.74, 6) is 6.04. The summed E-state index contributed by atoms with van der Waals surface area (Å²) in [4.78, 5) is 23.1. The monoisotopic (exact) mass is 362 g/mol. The number of ketones is 2. The van der Waals surface area contributed by atoms with Crippen LogP contribution in [0.2, 0.25) is 0 Å². The average Bonchev–Trinajstić information content (AvgIpc) is 2.81. The number of Topliss-reactive ketones (excluding diaryl/α,β-unsaturated/α-hetero) is 2. The van der Waals surface area contributed by atoms with Gasteiger partial charge in [-0.2, -0.15) is 0 Å². The molecule has 4 atom stereocenters. The van der Waals surface area contributed by atoms with Crippen molar-refractivity contribution in [2.75, 3.05) is 0 Å². The molecule has 2 unspecified atom stereocenters. The largest absolute Gasteiger partial charge is 0.392 e. The highest BCUT2D eigenvalue weighted by Crippen LogP contribution is 2.44. The number of unbranched alkanes of at least 4 members (excludes halogenated alkanes) is 3. The minimum Gasteiger partial charge on any atom is -0.392 e. The molecule has 0 saturated heterocycles. The van der Waals surface area contributed by atoms with Gasteiger partial charge in [0.25, 0.3) is 0 Å². The molecular weight excluding hydrogens is 328 g/mol. The number of hydrogen-bond donors (Lipinski definition) is 2. The van der Waals surface area contributed by atoms with Gasteiger partial charge in [0.05, 0.1) is 18.1 Å². The highest BCUT2D eigenvalue weighted by atomic mass is 16.3. The number of rotatable bonds is 9. The quantitative estimate of drug-likeness (QED) is 0.487. The topological polar surface area (TPSA) is 74.6 Å².